The number of para-hydroxylation sites is 1. The van der Waals surface area contributed by atoms with Gasteiger partial charge in [0.1, 0.15) is 0 Å². The van der Waals surface area contributed by atoms with Gasteiger partial charge in [-0.1, -0.05) is 12.1 Å². The van der Waals surface area contributed by atoms with E-state index in [-0.39, 0.29) is 17.9 Å². The number of rotatable bonds is 4. The molecular weight excluding hydrogens is 338 g/mol. The SMILES string of the molecule is COC(=O)c1ccccc1NC(=S)N1CCC(NC(=O)C2CC2)CC1. The average molecular weight is 361 g/mol. The summed E-state index contributed by atoms with van der Waals surface area (Å²) in [6, 6.07) is 7.37. The molecule has 1 amide bonds. The molecule has 0 aromatic heterocycles. The third-order valence-electron chi connectivity index (χ3n) is 4.65. The highest BCUT2D eigenvalue weighted by Gasteiger charge is 2.32. The van der Waals surface area contributed by atoms with Crippen LogP contribution in [0.25, 0.3) is 0 Å². The zero-order valence-corrected chi connectivity index (χ0v) is 15.1. The van der Waals surface area contributed by atoms with Crippen molar-refractivity contribution < 1.29 is 14.3 Å². The summed E-state index contributed by atoms with van der Waals surface area (Å²) in [5, 5.41) is 6.87. The predicted molar refractivity (Wildman–Crippen MR) is 99.5 cm³/mol. The van der Waals surface area contributed by atoms with Crippen molar-refractivity contribution in [1.29, 1.82) is 0 Å². The van der Waals surface area contributed by atoms with E-state index >= 15 is 0 Å². The lowest BCUT2D eigenvalue weighted by Crippen LogP contribution is -2.48. The number of hydrogen-bond donors (Lipinski definition) is 2. The molecule has 0 atom stereocenters. The van der Waals surface area contributed by atoms with Gasteiger partial charge >= 0.3 is 5.97 Å². The molecule has 2 fully saturated rings. The number of carbonyl (C=O) groups is 2. The van der Waals surface area contributed by atoms with Crippen molar-refractivity contribution in [1.82, 2.24) is 10.2 Å². The van der Waals surface area contributed by atoms with E-state index in [1.54, 1.807) is 18.2 Å². The zero-order chi connectivity index (χ0) is 17.8. The van der Waals surface area contributed by atoms with Crippen LogP contribution >= 0.6 is 12.2 Å². The normalized spacial score (nSPS) is 17.7. The summed E-state index contributed by atoms with van der Waals surface area (Å²) < 4.78 is 4.80. The van der Waals surface area contributed by atoms with Gasteiger partial charge in [0, 0.05) is 25.0 Å². The van der Waals surface area contributed by atoms with Crippen LogP contribution in [0.1, 0.15) is 36.0 Å². The van der Waals surface area contributed by atoms with Gasteiger partial charge in [-0.3, -0.25) is 4.79 Å². The van der Waals surface area contributed by atoms with Crippen molar-refractivity contribution in [2.75, 3.05) is 25.5 Å². The minimum Gasteiger partial charge on any atom is -0.465 e. The molecule has 1 aliphatic heterocycles. The molecule has 1 aromatic carbocycles. The van der Waals surface area contributed by atoms with Crippen molar-refractivity contribution in [2.45, 2.75) is 31.7 Å². The summed E-state index contributed by atoms with van der Waals surface area (Å²) in [4.78, 5) is 25.8. The molecular formula is C18H23N3O3S. The van der Waals surface area contributed by atoms with Crippen LogP contribution in [0, 0.1) is 5.92 Å². The Morgan fingerprint density at radius 1 is 1.16 bits per heavy atom. The number of nitrogens with zero attached hydrogens (tertiary/aromatic N) is 1. The maximum atomic E-state index is 11.9. The Morgan fingerprint density at radius 3 is 2.48 bits per heavy atom. The van der Waals surface area contributed by atoms with Crippen LogP contribution in [-0.2, 0) is 9.53 Å². The summed E-state index contributed by atoms with van der Waals surface area (Å²) >= 11 is 5.49. The number of methoxy groups -OCH3 is 1. The fourth-order valence-electron chi connectivity index (χ4n) is 2.97. The Morgan fingerprint density at radius 2 is 1.84 bits per heavy atom. The molecule has 0 spiro atoms. The Labute approximate surface area is 152 Å². The number of benzene rings is 1. The first kappa shape index (κ1) is 17.7. The van der Waals surface area contributed by atoms with Gasteiger partial charge in [0.2, 0.25) is 5.91 Å². The second kappa shape index (κ2) is 7.82. The average Bonchev–Trinajstić information content (AvgIpc) is 3.47. The van der Waals surface area contributed by atoms with Crippen LogP contribution < -0.4 is 10.6 Å². The summed E-state index contributed by atoms with van der Waals surface area (Å²) in [6.45, 7) is 1.56. The number of anilines is 1. The van der Waals surface area contributed by atoms with Gasteiger partial charge in [-0.05, 0) is 50.0 Å². The molecule has 0 bridgehead atoms. The quantitative estimate of drug-likeness (QED) is 0.633. The van der Waals surface area contributed by atoms with Gasteiger partial charge < -0.3 is 20.3 Å². The van der Waals surface area contributed by atoms with E-state index in [0.29, 0.717) is 16.4 Å². The zero-order valence-electron chi connectivity index (χ0n) is 14.3. The number of carbonyl (C=O) groups excluding carboxylic acids is 2. The Hall–Kier alpha value is -2.15. The number of thiocarbonyl (C=S) groups is 1. The number of nitrogens with one attached hydrogen (secondary N) is 2. The largest absolute Gasteiger partial charge is 0.465 e. The van der Waals surface area contributed by atoms with Crippen molar-refractivity contribution >= 4 is 34.9 Å². The molecule has 25 heavy (non-hydrogen) atoms. The molecule has 1 saturated heterocycles. The lowest BCUT2D eigenvalue weighted by molar-refractivity contribution is -0.123. The number of piperidine rings is 1. The molecule has 1 heterocycles. The van der Waals surface area contributed by atoms with Gasteiger partial charge in [-0.25, -0.2) is 4.79 Å². The highest BCUT2D eigenvalue weighted by molar-refractivity contribution is 7.80. The van der Waals surface area contributed by atoms with Crippen LogP contribution in [-0.4, -0.2) is 48.1 Å². The Bertz CT molecular complexity index is 667. The molecule has 2 N–H and O–H groups in total. The highest BCUT2D eigenvalue weighted by Crippen LogP contribution is 2.29. The molecule has 6 nitrogen and oxygen atoms in total. The number of ether oxygens (including phenoxy) is 1. The van der Waals surface area contributed by atoms with Crippen LogP contribution in [0.4, 0.5) is 5.69 Å². The van der Waals surface area contributed by atoms with E-state index in [1.807, 2.05) is 6.07 Å². The first-order chi connectivity index (χ1) is 12.1. The molecule has 1 aliphatic carbocycles. The lowest BCUT2D eigenvalue weighted by atomic mass is 10.1. The third-order valence-corrected chi connectivity index (χ3v) is 5.01. The lowest BCUT2D eigenvalue weighted by Gasteiger charge is -2.34. The third kappa shape index (κ3) is 4.48. The first-order valence-electron chi connectivity index (χ1n) is 8.62. The summed E-state index contributed by atoms with van der Waals surface area (Å²) in [7, 11) is 1.36. The second-order valence-electron chi connectivity index (χ2n) is 6.51. The van der Waals surface area contributed by atoms with Crippen LogP contribution in [0.3, 0.4) is 0 Å². The Kier molecular flexibility index (Phi) is 5.53. The van der Waals surface area contributed by atoms with Crippen LogP contribution in [0.15, 0.2) is 24.3 Å². The fraction of sp³-hybridized carbons (Fsp3) is 0.500. The fourth-order valence-corrected chi connectivity index (χ4v) is 3.26. The molecule has 2 aliphatic rings. The van der Waals surface area contributed by atoms with Crippen molar-refractivity contribution in [2.24, 2.45) is 5.92 Å². The molecule has 1 aromatic rings. The summed E-state index contributed by atoms with van der Waals surface area (Å²) in [5.41, 5.74) is 1.10. The second-order valence-corrected chi connectivity index (χ2v) is 6.90. The van der Waals surface area contributed by atoms with Crippen LogP contribution in [0.2, 0.25) is 0 Å². The molecule has 0 radical (unpaired) electrons. The maximum absolute atomic E-state index is 11.9. The minimum absolute atomic E-state index is 0.200. The van der Waals surface area contributed by atoms with Gasteiger partial charge in [0.25, 0.3) is 0 Å². The first-order valence-corrected chi connectivity index (χ1v) is 9.03. The number of hydrogen-bond acceptors (Lipinski definition) is 4. The highest BCUT2D eigenvalue weighted by atomic mass is 32.1. The van der Waals surface area contributed by atoms with Crippen molar-refractivity contribution in [3.8, 4) is 0 Å². The standard InChI is InChI=1S/C18H23N3O3S/c1-24-17(23)14-4-2-3-5-15(14)20-18(25)21-10-8-13(9-11-21)19-16(22)12-6-7-12/h2-5,12-13H,6-11H2,1H3,(H,19,22)(H,20,25). The maximum Gasteiger partial charge on any atom is 0.339 e. The molecule has 7 heteroatoms. The minimum atomic E-state index is -0.396. The van der Waals surface area contributed by atoms with Gasteiger partial charge in [-0.15, -0.1) is 0 Å². The molecule has 3 rings (SSSR count). The van der Waals surface area contributed by atoms with E-state index in [2.05, 4.69) is 15.5 Å². The number of amides is 1. The van der Waals surface area contributed by atoms with Gasteiger partial charge in [0.15, 0.2) is 5.11 Å². The Balaban J connectivity index is 1.53. The number of likely N-dealkylation sites (tertiary alicyclic amines) is 1. The molecule has 0 unspecified atom stereocenters. The van der Waals surface area contributed by atoms with E-state index < -0.39 is 5.97 Å². The summed E-state index contributed by atoms with van der Waals surface area (Å²) in [6.07, 6.45) is 3.80. The smallest absolute Gasteiger partial charge is 0.339 e. The van der Waals surface area contributed by atoms with Crippen molar-refractivity contribution in [3.05, 3.63) is 29.8 Å². The topological polar surface area (TPSA) is 70.7 Å². The molecule has 134 valence electrons. The predicted octanol–water partition coefficient (Wildman–Crippen LogP) is 2.16. The van der Waals surface area contributed by atoms with E-state index in [0.717, 1.165) is 38.8 Å². The monoisotopic (exact) mass is 361 g/mol. The molecule has 1 saturated carbocycles. The van der Waals surface area contributed by atoms with E-state index in [1.165, 1.54) is 7.11 Å². The van der Waals surface area contributed by atoms with Crippen LogP contribution in [0.5, 0.6) is 0 Å². The van der Waals surface area contributed by atoms with Crippen molar-refractivity contribution in [3.63, 3.8) is 0 Å². The van der Waals surface area contributed by atoms with E-state index in [4.69, 9.17) is 17.0 Å². The van der Waals surface area contributed by atoms with E-state index in [9.17, 15) is 9.59 Å². The van der Waals surface area contributed by atoms with Gasteiger partial charge in [-0.2, -0.15) is 0 Å². The summed E-state index contributed by atoms with van der Waals surface area (Å²) in [5.74, 6) is 0.0501. The number of esters is 1. The van der Waals surface area contributed by atoms with Gasteiger partial charge in [0.05, 0.1) is 18.4 Å².